The molecule has 51 heavy (non-hydrogen) atoms. The van der Waals surface area contributed by atoms with Gasteiger partial charge in [-0.15, -0.1) is 0 Å². The van der Waals surface area contributed by atoms with Crippen LogP contribution in [0.15, 0.2) is 186 Å². The molecular formula is C48H30N2O. The van der Waals surface area contributed by atoms with Crippen LogP contribution in [0.4, 0.5) is 0 Å². The Balaban J connectivity index is 1.27. The summed E-state index contributed by atoms with van der Waals surface area (Å²) < 4.78 is 6.77. The van der Waals surface area contributed by atoms with Crippen LogP contribution < -0.4 is 0 Å². The monoisotopic (exact) mass is 650 g/mol. The summed E-state index contributed by atoms with van der Waals surface area (Å²) in [5, 5.41) is 6.98. The van der Waals surface area contributed by atoms with E-state index in [0.717, 1.165) is 77.7 Å². The molecule has 0 unspecified atom stereocenters. The molecule has 0 aliphatic heterocycles. The van der Waals surface area contributed by atoms with Crippen LogP contribution in [0.1, 0.15) is 0 Å². The molecule has 0 amide bonds. The number of benzene rings is 8. The lowest BCUT2D eigenvalue weighted by Gasteiger charge is -2.14. The van der Waals surface area contributed by atoms with Crippen LogP contribution in [0.3, 0.4) is 0 Å². The minimum atomic E-state index is 0.694. The minimum Gasteiger partial charge on any atom is -0.455 e. The second-order valence-corrected chi connectivity index (χ2v) is 12.9. The first-order valence-electron chi connectivity index (χ1n) is 17.2. The van der Waals surface area contributed by atoms with Gasteiger partial charge in [-0.1, -0.05) is 152 Å². The highest BCUT2D eigenvalue weighted by Crippen LogP contribution is 2.45. The third-order valence-electron chi connectivity index (χ3n) is 9.85. The number of hydrogen-bond acceptors (Lipinski definition) is 3. The van der Waals surface area contributed by atoms with Crippen LogP contribution in [-0.2, 0) is 0 Å². The highest BCUT2D eigenvalue weighted by atomic mass is 16.3. The molecule has 0 N–H and O–H groups in total. The normalized spacial score (nSPS) is 11.5. The molecule has 0 aliphatic rings. The summed E-state index contributed by atoms with van der Waals surface area (Å²) in [5.41, 5.74) is 11.0. The first-order valence-corrected chi connectivity index (χ1v) is 17.2. The Morgan fingerprint density at radius 2 is 0.863 bits per heavy atom. The molecule has 10 aromatic rings. The van der Waals surface area contributed by atoms with Crippen molar-refractivity contribution in [3.8, 4) is 56.2 Å². The van der Waals surface area contributed by atoms with Crippen molar-refractivity contribution in [3.63, 3.8) is 0 Å². The summed E-state index contributed by atoms with van der Waals surface area (Å²) in [7, 11) is 0. The van der Waals surface area contributed by atoms with Crippen LogP contribution in [0.2, 0.25) is 0 Å². The van der Waals surface area contributed by atoms with E-state index in [1.54, 1.807) is 0 Å². The summed E-state index contributed by atoms with van der Waals surface area (Å²) in [6.07, 6.45) is 0. The number of furan rings is 1. The predicted octanol–water partition coefficient (Wildman–Crippen LogP) is 13.0. The van der Waals surface area contributed by atoms with Crippen molar-refractivity contribution in [1.29, 1.82) is 0 Å². The summed E-state index contributed by atoms with van der Waals surface area (Å²) in [4.78, 5) is 10.3. The predicted molar refractivity (Wildman–Crippen MR) is 212 cm³/mol. The van der Waals surface area contributed by atoms with Gasteiger partial charge in [-0.25, -0.2) is 9.97 Å². The lowest BCUT2D eigenvalue weighted by Crippen LogP contribution is -1.96. The van der Waals surface area contributed by atoms with Gasteiger partial charge in [-0.3, -0.25) is 0 Å². The highest BCUT2D eigenvalue weighted by Gasteiger charge is 2.20. The van der Waals surface area contributed by atoms with Gasteiger partial charge in [0.15, 0.2) is 5.82 Å². The second-order valence-electron chi connectivity index (χ2n) is 12.9. The molecule has 0 spiro atoms. The molecule has 0 fully saturated rings. The van der Waals surface area contributed by atoms with E-state index >= 15 is 0 Å². The van der Waals surface area contributed by atoms with Crippen LogP contribution in [0.25, 0.3) is 99.6 Å². The summed E-state index contributed by atoms with van der Waals surface area (Å²) in [6.45, 7) is 0. The van der Waals surface area contributed by atoms with Gasteiger partial charge in [-0.2, -0.15) is 0 Å². The second kappa shape index (κ2) is 11.9. The Kier molecular flexibility index (Phi) is 6.81. The molecule has 3 nitrogen and oxygen atoms in total. The first-order chi connectivity index (χ1) is 25.3. The maximum absolute atomic E-state index is 6.77. The zero-order chi connectivity index (χ0) is 33.7. The highest BCUT2D eigenvalue weighted by molar-refractivity contribution is 6.32. The van der Waals surface area contributed by atoms with Crippen molar-refractivity contribution in [2.75, 3.05) is 0 Å². The molecule has 0 aliphatic carbocycles. The van der Waals surface area contributed by atoms with Gasteiger partial charge in [-0.05, 0) is 68.7 Å². The van der Waals surface area contributed by atoms with Crippen molar-refractivity contribution in [2.45, 2.75) is 0 Å². The van der Waals surface area contributed by atoms with Crippen molar-refractivity contribution < 1.29 is 4.42 Å². The van der Waals surface area contributed by atoms with Gasteiger partial charge >= 0.3 is 0 Å². The quantitative estimate of drug-likeness (QED) is 0.174. The molecule has 0 saturated carbocycles. The van der Waals surface area contributed by atoms with Crippen LogP contribution in [-0.4, -0.2) is 9.97 Å². The van der Waals surface area contributed by atoms with E-state index in [0.29, 0.717) is 5.82 Å². The Hall–Kier alpha value is -6.84. The van der Waals surface area contributed by atoms with E-state index < -0.39 is 0 Å². The van der Waals surface area contributed by atoms with Gasteiger partial charge in [0, 0.05) is 32.8 Å². The van der Waals surface area contributed by atoms with Crippen molar-refractivity contribution in [3.05, 3.63) is 182 Å². The molecule has 0 radical (unpaired) electrons. The lowest BCUT2D eigenvalue weighted by molar-refractivity contribution is 0.673. The standard InChI is InChI=1S/C48H30N2O/c1-4-15-31(16-5-1)34-27-35(29-36(28-34)43-30-42(32-17-6-2-7-18-32)49-48(50-43)33-19-8-3-9-20-33)37-25-14-26-44-45(37)46-40-23-12-10-21-38(40)39-22-11-13-24-41(39)47(46)51-44/h1-30H. The van der Waals surface area contributed by atoms with Crippen LogP contribution in [0, 0.1) is 0 Å². The van der Waals surface area contributed by atoms with Gasteiger partial charge in [0.25, 0.3) is 0 Å². The summed E-state index contributed by atoms with van der Waals surface area (Å²) in [6, 6.07) is 63.7. The zero-order valence-corrected chi connectivity index (χ0v) is 27.6. The summed E-state index contributed by atoms with van der Waals surface area (Å²) in [5.74, 6) is 0.694. The molecular weight excluding hydrogens is 621 g/mol. The average Bonchev–Trinajstić information content (AvgIpc) is 3.62. The van der Waals surface area contributed by atoms with Gasteiger partial charge in [0.2, 0.25) is 0 Å². The Bertz CT molecular complexity index is 2840. The SMILES string of the molecule is c1ccc(-c2cc(-c3cc(-c4ccccc4)nc(-c4ccccc4)n3)cc(-c3cccc4oc5c6ccccc6c6ccccc6c5c34)c2)cc1. The van der Waals surface area contributed by atoms with Crippen molar-refractivity contribution in [2.24, 2.45) is 0 Å². The van der Waals surface area contributed by atoms with E-state index in [9.17, 15) is 0 Å². The van der Waals surface area contributed by atoms with Crippen LogP contribution >= 0.6 is 0 Å². The smallest absolute Gasteiger partial charge is 0.160 e. The molecule has 10 rings (SSSR count). The molecule has 0 saturated heterocycles. The lowest BCUT2D eigenvalue weighted by atomic mass is 9.91. The number of aromatic nitrogens is 2. The van der Waals surface area contributed by atoms with E-state index in [1.807, 2.05) is 24.3 Å². The fourth-order valence-electron chi connectivity index (χ4n) is 7.48. The molecule has 2 heterocycles. The number of hydrogen-bond donors (Lipinski definition) is 0. The third-order valence-corrected chi connectivity index (χ3v) is 9.85. The maximum atomic E-state index is 6.77. The fraction of sp³-hybridized carbons (Fsp3) is 0. The van der Waals surface area contributed by atoms with E-state index in [-0.39, 0.29) is 0 Å². The molecule has 8 aromatic carbocycles. The molecule has 0 bridgehead atoms. The molecule has 2 aromatic heterocycles. The maximum Gasteiger partial charge on any atom is 0.160 e. The Morgan fingerprint density at radius 3 is 1.57 bits per heavy atom. The topological polar surface area (TPSA) is 38.9 Å². The van der Waals surface area contributed by atoms with Gasteiger partial charge in [0.05, 0.1) is 11.4 Å². The molecule has 0 atom stereocenters. The van der Waals surface area contributed by atoms with E-state index in [2.05, 4.69) is 158 Å². The first kappa shape index (κ1) is 29.1. The third kappa shape index (κ3) is 4.98. The average molecular weight is 651 g/mol. The van der Waals surface area contributed by atoms with E-state index in [1.165, 1.54) is 16.2 Å². The summed E-state index contributed by atoms with van der Waals surface area (Å²) >= 11 is 0. The zero-order valence-electron chi connectivity index (χ0n) is 27.6. The Morgan fingerprint density at radius 1 is 0.333 bits per heavy atom. The number of fused-ring (bicyclic) bond motifs is 8. The van der Waals surface area contributed by atoms with Crippen LogP contribution in [0.5, 0.6) is 0 Å². The fourth-order valence-corrected chi connectivity index (χ4v) is 7.48. The van der Waals surface area contributed by atoms with Crippen molar-refractivity contribution in [1.82, 2.24) is 9.97 Å². The van der Waals surface area contributed by atoms with E-state index in [4.69, 9.17) is 14.4 Å². The number of nitrogens with zero attached hydrogens (tertiary/aromatic N) is 2. The molecule has 238 valence electrons. The largest absolute Gasteiger partial charge is 0.455 e. The number of rotatable bonds is 5. The van der Waals surface area contributed by atoms with Gasteiger partial charge < -0.3 is 4.42 Å². The molecule has 3 heteroatoms. The minimum absolute atomic E-state index is 0.694. The van der Waals surface area contributed by atoms with Crippen molar-refractivity contribution >= 4 is 43.5 Å². The van der Waals surface area contributed by atoms with Gasteiger partial charge in [0.1, 0.15) is 11.2 Å². The Labute approximate surface area is 295 Å².